The van der Waals surface area contributed by atoms with Crippen molar-refractivity contribution in [2.24, 2.45) is 0 Å². The van der Waals surface area contributed by atoms with Gasteiger partial charge in [-0.3, -0.25) is 4.72 Å². The molecule has 19 heavy (non-hydrogen) atoms. The zero-order valence-electron chi connectivity index (χ0n) is 11.6. The van der Waals surface area contributed by atoms with Gasteiger partial charge in [-0.1, -0.05) is 18.3 Å². The summed E-state index contributed by atoms with van der Waals surface area (Å²) in [6.07, 6.45) is 0.723. The third-order valence-corrected chi connectivity index (χ3v) is 4.65. The quantitative estimate of drug-likeness (QED) is 0.535. The molecule has 0 amide bonds. The molecular formula is C10H13N4NaO2S2. The normalized spacial score (nSPS) is 10.8. The van der Waals surface area contributed by atoms with Gasteiger partial charge in [0.05, 0.1) is 4.90 Å². The smallest absolute Gasteiger partial charge is 1.00 e. The number of benzene rings is 1. The van der Waals surface area contributed by atoms with E-state index in [1.54, 1.807) is 0 Å². The van der Waals surface area contributed by atoms with E-state index >= 15 is 0 Å². The number of nitrogens with one attached hydrogen (secondary N) is 1. The molecule has 2 aromatic rings. The number of nitrogens with zero attached hydrogens (tertiary/aromatic N) is 2. The number of sulfonamides is 1. The summed E-state index contributed by atoms with van der Waals surface area (Å²) in [7, 11) is -3.62. The molecule has 0 saturated carbocycles. The van der Waals surface area contributed by atoms with Crippen LogP contribution in [0.5, 0.6) is 0 Å². The second kappa shape index (κ2) is 6.67. The molecule has 0 saturated heterocycles. The fourth-order valence-electron chi connectivity index (χ4n) is 1.26. The Morgan fingerprint density at radius 2 is 1.95 bits per heavy atom. The van der Waals surface area contributed by atoms with Crippen molar-refractivity contribution in [1.29, 1.82) is 0 Å². The monoisotopic (exact) mass is 308 g/mol. The van der Waals surface area contributed by atoms with E-state index < -0.39 is 10.0 Å². The van der Waals surface area contributed by atoms with Crippen molar-refractivity contribution in [2.45, 2.75) is 18.2 Å². The molecule has 1 aromatic carbocycles. The minimum atomic E-state index is -3.62. The van der Waals surface area contributed by atoms with Crippen LogP contribution in [0.4, 0.5) is 10.8 Å². The SMILES string of the molecule is CCc1nnc(NS(=O)(=O)c2ccc(N)cc2)s1.[H-].[Na+]. The Kier molecular flexibility index (Phi) is 5.75. The van der Waals surface area contributed by atoms with E-state index in [0.29, 0.717) is 5.69 Å². The summed E-state index contributed by atoms with van der Waals surface area (Å²) in [6.45, 7) is 1.93. The number of nitrogens with two attached hydrogens (primary N) is 1. The minimum absolute atomic E-state index is 0. The van der Waals surface area contributed by atoms with Gasteiger partial charge in [0.2, 0.25) is 5.13 Å². The maximum absolute atomic E-state index is 12.0. The summed E-state index contributed by atoms with van der Waals surface area (Å²) in [4.78, 5) is 0.143. The van der Waals surface area contributed by atoms with Gasteiger partial charge < -0.3 is 7.16 Å². The summed E-state index contributed by atoms with van der Waals surface area (Å²) in [6, 6.07) is 5.96. The first kappa shape index (κ1) is 16.4. The van der Waals surface area contributed by atoms with Crippen LogP contribution in [0.1, 0.15) is 13.4 Å². The molecule has 98 valence electrons. The Morgan fingerprint density at radius 3 is 2.47 bits per heavy atom. The number of hydrogen-bond acceptors (Lipinski definition) is 6. The van der Waals surface area contributed by atoms with Gasteiger partial charge in [-0.2, -0.15) is 0 Å². The van der Waals surface area contributed by atoms with Crippen molar-refractivity contribution in [3.63, 3.8) is 0 Å². The van der Waals surface area contributed by atoms with Gasteiger partial charge >= 0.3 is 29.6 Å². The molecule has 1 aromatic heterocycles. The number of rotatable bonds is 4. The molecule has 0 radical (unpaired) electrons. The molecule has 6 nitrogen and oxygen atoms in total. The Bertz CT molecular complexity index is 646. The van der Waals surface area contributed by atoms with Crippen LogP contribution in [0, 0.1) is 0 Å². The second-order valence-corrected chi connectivity index (χ2v) is 6.27. The van der Waals surface area contributed by atoms with Gasteiger partial charge in [-0.15, -0.1) is 10.2 Å². The summed E-state index contributed by atoms with van der Waals surface area (Å²) in [5, 5.41) is 8.67. The first-order chi connectivity index (χ1) is 8.51. The van der Waals surface area contributed by atoms with Crippen molar-refractivity contribution >= 4 is 32.2 Å². The standard InChI is InChI=1S/C10H12N4O2S2.Na.H/c1-2-9-12-13-10(17-9)14-18(15,16)8-5-3-7(11)4-6-8;;/h3-6H,2,11H2,1H3,(H,13,14);;/q;+1;-1. The van der Waals surface area contributed by atoms with Gasteiger partial charge in [-0.05, 0) is 30.7 Å². The van der Waals surface area contributed by atoms with Crippen LogP contribution in [0.25, 0.3) is 0 Å². The van der Waals surface area contributed by atoms with E-state index in [2.05, 4.69) is 14.9 Å². The van der Waals surface area contributed by atoms with Crippen molar-refractivity contribution in [3.8, 4) is 0 Å². The van der Waals surface area contributed by atoms with E-state index in [0.717, 1.165) is 11.4 Å². The van der Waals surface area contributed by atoms with Crippen LogP contribution in [0.2, 0.25) is 0 Å². The molecule has 0 fully saturated rings. The molecule has 0 unspecified atom stereocenters. The fourth-order valence-corrected chi connectivity index (χ4v) is 3.17. The van der Waals surface area contributed by atoms with E-state index in [4.69, 9.17) is 5.73 Å². The van der Waals surface area contributed by atoms with Gasteiger partial charge in [0.25, 0.3) is 10.0 Å². The summed E-state index contributed by atoms with van der Waals surface area (Å²) in [5.41, 5.74) is 6.02. The van der Waals surface area contributed by atoms with Gasteiger partial charge in [-0.25, -0.2) is 8.42 Å². The number of anilines is 2. The van der Waals surface area contributed by atoms with E-state index in [1.807, 2.05) is 6.92 Å². The van der Waals surface area contributed by atoms with Crippen molar-refractivity contribution < 1.29 is 39.4 Å². The number of nitrogen functional groups attached to an aromatic ring is 1. The Morgan fingerprint density at radius 1 is 1.32 bits per heavy atom. The molecule has 0 bridgehead atoms. The number of hydrogen-bond donors (Lipinski definition) is 2. The van der Waals surface area contributed by atoms with Crippen LogP contribution >= 0.6 is 11.3 Å². The number of aromatic nitrogens is 2. The van der Waals surface area contributed by atoms with Crippen molar-refractivity contribution in [1.82, 2.24) is 10.2 Å². The topological polar surface area (TPSA) is 98.0 Å². The molecule has 9 heteroatoms. The van der Waals surface area contributed by atoms with Crippen LogP contribution in [0.15, 0.2) is 29.2 Å². The fraction of sp³-hybridized carbons (Fsp3) is 0.200. The molecule has 2 rings (SSSR count). The summed E-state index contributed by atoms with van der Waals surface area (Å²) in [5.74, 6) is 0. The largest absolute Gasteiger partial charge is 1.00 e. The average molecular weight is 308 g/mol. The van der Waals surface area contributed by atoms with Crippen molar-refractivity contribution in [2.75, 3.05) is 10.5 Å². The van der Waals surface area contributed by atoms with Gasteiger partial charge in [0, 0.05) is 5.69 Å². The Balaban J connectivity index is 0.00000180. The van der Waals surface area contributed by atoms with Gasteiger partial charge in [0.15, 0.2) is 0 Å². The molecule has 0 aliphatic carbocycles. The Hall–Kier alpha value is -0.670. The maximum atomic E-state index is 12.0. The molecule has 0 spiro atoms. The number of aryl methyl sites for hydroxylation is 1. The zero-order valence-corrected chi connectivity index (χ0v) is 14.3. The van der Waals surface area contributed by atoms with E-state index in [-0.39, 0.29) is 41.0 Å². The van der Waals surface area contributed by atoms with Gasteiger partial charge in [0.1, 0.15) is 5.01 Å². The van der Waals surface area contributed by atoms with E-state index in [1.165, 1.54) is 35.6 Å². The van der Waals surface area contributed by atoms with Crippen molar-refractivity contribution in [3.05, 3.63) is 29.3 Å². The second-order valence-electron chi connectivity index (χ2n) is 3.53. The molecule has 1 heterocycles. The first-order valence-corrected chi connectivity index (χ1v) is 7.52. The zero-order chi connectivity index (χ0) is 13.2. The maximum Gasteiger partial charge on any atom is 1.00 e. The molecular weight excluding hydrogens is 295 g/mol. The predicted molar refractivity (Wildman–Crippen MR) is 72.1 cm³/mol. The average Bonchev–Trinajstić information content (AvgIpc) is 2.76. The molecule has 3 N–H and O–H groups in total. The van der Waals surface area contributed by atoms with Crippen LogP contribution in [-0.2, 0) is 16.4 Å². The van der Waals surface area contributed by atoms with Crippen LogP contribution < -0.4 is 40.0 Å². The third-order valence-electron chi connectivity index (χ3n) is 2.18. The van der Waals surface area contributed by atoms with Crippen LogP contribution in [0.3, 0.4) is 0 Å². The predicted octanol–water partition coefficient (Wildman–Crippen LogP) is -1.40. The first-order valence-electron chi connectivity index (χ1n) is 5.22. The summed E-state index contributed by atoms with van der Waals surface area (Å²) < 4.78 is 26.4. The third kappa shape index (κ3) is 4.15. The van der Waals surface area contributed by atoms with Crippen LogP contribution in [-0.4, -0.2) is 18.6 Å². The molecule has 0 atom stereocenters. The minimum Gasteiger partial charge on any atom is -1.00 e. The molecule has 0 aliphatic heterocycles. The Labute approximate surface area is 139 Å². The molecule has 0 aliphatic rings. The van der Waals surface area contributed by atoms with E-state index in [9.17, 15) is 8.42 Å². The summed E-state index contributed by atoms with van der Waals surface area (Å²) >= 11 is 1.22.